The first kappa shape index (κ1) is 17.0. The van der Waals surface area contributed by atoms with Gasteiger partial charge in [-0.1, -0.05) is 29.8 Å². The van der Waals surface area contributed by atoms with Crippen LogP contribution in [0, 0.1) is 6.92 Å². The third kappa shape index (κ3) is 3.63. The largest absolute Gasteiger partial charge is 0.482 e. The quantitative estimate of drug-likeness (QED) is 0.885. The van der Waals surface area contributed by atoms with E-state index >= 15 is 0 Å². The second-order valence-electron chi connectivity index (χ2n) is 5.58. The Morgan fingerprint density at radius 1 is 1.16 bits per heavy atom. The van der Waals surface area contributed by atoms with Crippen LogP contribution in [0.5, 0.6) is 5.75 Å². The van der Waals surface area contributed by atoms with Gasteiger partial charge in [0, 0.05) is 0 Å². The Labute approximate surface area is 145 Å². The van der Waals surface area contributed by atoms with Crippen LogP contribution in [0.2, 0.25) is 0 Å². The van der Waals surface area contributed by atoms with Crippen LogP contribution >= 0.6 is 0 Å². The molecule has 25 heavy (non-hydrogen) atoms. The highest BCUT2D eigenvalue weighted by Gasteiger charge is 2.28. The Bertz CT molecular complexity index is 922. The molecule has 0 saturated carbocycles. The van der Waals surface area contributed by atoms with Crippen molar-refractivity contribution in [1.29, 1.82) is 0 Å². The number of amides is 2. The van der Waals surface area contributed by atoms with Crippen molar-refractivity contribution in [1.82, 2.24) is 4.72 Å². The molecule has 8 heteroatoms. The fourth-order valence-corrected chi connectivity index (χ4v) is 3.41. The summed E-state index contributed by atoms with van der Waals surface area (Å²) in [6, 6.07) is 12.9. The number of carbonyl (C=O) groups excluding carboxylic acids is 2. The molecule has 0 radical (unpaired) electrons. The van der Waals surface area contributed by atoms with Crippen molar-refractivity contribution >= 4 is 27.5 Å². The number of hydrogen-bond donors (Lipinski definition) is 1. The highest BCUT2D eigenvalue weighted by Crippen LogP contribution is 2.31. The predicted octanol–water partition coefficient (Wildman–Crippen LogP) is 1.23. The third-order valence-corrected chi connectivity index (χ3v) is 5.08. The summed E-state index contributed by atoms with van der Waals surface area (Å²) in [6.07, 6.45) is 0. The van der Waals surface area contributed by atoms with E-state index in [0.29, 0.717) is 11.4 Å². The summed E-state index contributed by atoms with van der Waals surface area (Å²) in [5.41, 5.74) is 1.34. The number of carbonyl (C=O) groups is 2. The van der Waals surface area contributed by atoms with Crippen LogP contribution in [0.25, 0.3) is 0 Å². The maximum absolute atomic E-state index is 12.3. The average Bonchev–Trinajstić information content (AvgIpc) is 2.57. The van der Waals surface area contributed by atoms with Crippen molar-refractivity contribution in [3.05, 3.63) is 54.1 Å². The van der Waals surface area contributed by atoms with Gasteiger partial charge in [-0.3, -0.25) is 14.5 Å². The van der Waals surface area contributed by atoms with E-state index in [1.165, 1.54) is 17.0 Å². The van der Waals surface area contributed by atoms with E-state index in [0.717, 1.165) is 5.56 Å². The summed E-state index contributed by atoms with van der Waals surface area (Å²) in [5.74, 6) is -0.747. The molecule has 130 valence electrons. The van der Waals surface area contributed by atoms with E-state index in [2.05, 4.69) is 0 Å². The van der Waals surface area contributed by atoms with Gasteiger partial charge in [0.05, 0.1) is 10.6 Å². The minimum Gasteiger partial charge on any atom is -0.482 e. The molecule has 1 heterocycles. The molecule has 1 aliphatic rings. The number of benzene rings is 2. The fraction of sp³-hybridized carbons (Fsp3) is 0.176. The lowest BCUT2D eigenvalue weighted by molar-refractivity contribution is -0.124. The number of hydrogen-bond acceptors (Lipinski definition) is 5. The van der Waals surface area contributed by atoms with Gasteiger partial charge in [0.1, 0.15) is 12.3 Å². The van der Waals surface area contributed by atoms with E-state index in [1.54, 1.807) is 36.4 Å². The molecule has 3 rings (SSSR count). The molecule has 0 saturated heterocycles. The molecular weight excluding hydrogens is 344 g/mol. The zero-order chi connectivity index (χ0) is 18.0. The number of para-hydroxylation sites is 2. The predicted molar refractivity (Wildman–Crippen MR) is 90.8 cm³/mol. The smallest absolute Gasteiger partial charge is 0.265 e. The van der Waals surface area contributed by atoms with Gasteiger partial charge in [-0.15, -0.1) is 0 Å². The summed E-state index contributed by atoms with van der Waals surface area (Å²) in [7, 11) is -3.99. The Kier molecular flexibility index (Phi) is 4.45. The molecule has 1 N–H and O–H groups in total. The number of rotatable bonds is 4. The van der Waals surface area contributed by atoms with E-state index in [9.17, 15) is 18.0 Å². The van der Waals surface area contributed by atoms with Gasteiger partial charge < -0.3 is 4.74 Å². The molecule has 2 aromatic carbocycles. The Hall–Kier alpha value is -2.87. The van der Waals surface area contributed by atoms with Crippen LogP contribution in [-0.4, -0.2) is 33.4 Å². The van der Waals surface area contributed by atoms with Crippen LogP contribution < -0.4 is 14.4 Å². The summed E-state index contributed by atoms with van der Waals surface area (Å²) >= 11 is 0. The lowest BCUT2D eigenvalue weighted by Gasteiger charge is -2.28. The molecule has 0 aliphatic carbocycles. The van der Waals surface area contributed by atoms with Crippen LogP contribution in [0.3, 0.4) is 0 Å². The number of ether oxygens (including phenoxy) is 1. The highest BCUT2D eigenvalue weighted by molar-refractivity contribution is 7.90. The number of anilines is 1. The van der Waals surface area contributed by atoms with Crippen molar-refractivity contribution < 1.29 is 22.7 Å². The first-order chi connectivity index (χ1) is 11.9. The molecule has 0 unspecified atom stereocenters. The van der Waals surface area contributed by atoms with Crippen LogP contribution in [0.1, 0.15) is 5.56 Å². The standard InChI is InChI=1S/C17H16N2O5S/c1-12-6-8-13(9-7-12)25(22,23)18-16(20)10-19-14-4-2-3-5-15(14)24-11-17(19)21/h2-9H,10-11H2,1H3,(H,18,20). The van der Waals surface area contributed by atoms with Crippen molar-refractivity contribution in [2.24, 2.45) is 0 Å². The number of aryl methyl sites for hydroxylation is 1. The lowest BCUT2D eigenvalue weighted by atomic mass is 10.2. The Morgan fingerprint density at radius 3 is 2.56 bits per heavy atom. The molecule has 0 spiro atoms. The normalized spacial score (nSPS) is 13.8. The maximum atomic E-state index is 12.3. The van der Waals surface area contributed by atoms with Crippen LogP contribution in [-0.2, 0) is 19.6 Å². The van der Waals surface area contributed by atoms with E-state index < -0.39 is 28.4 Å². The van der Waals surface area contributed by atoms with Gasteiger partial charge in [-0.2, -0.15) is 0 Å². The topological polar surface area (TPSA) is 92.8 Å². The summed E-state index contributed by atoms with van der Waals surface area (Å²) in [6.45, 7) is 1.22. The Morgan fingerprint density at radius 2 is 1.84 bits per heavy atom. The zero-order valence-electron chi connectivity index (χ0n) is 13.4. The third-order valence-electron chi connectivity index (χ3n) is 3.69. The van der Waals surface area contributed by atoms with Crippen molar-refractivity contribution in [3.8, 4) is 5.75 Å². The summed E-state index contributed by atoms with van der Waals surface area (Å²) < 4.78 is 31.8. The fourth-order valence-electron chi connectivity index (χ4n) is 2.43. The van der Waals surface area contributed by atoms with Gasteiger partial charge in [0.25, 0.3) is 21.8 Å². The van der Waals surface area contributed by atoms with E-state index in [1.807, 2.05) is 11.6 Å². The number of fused-ring (bicyclic) bond motifs is 1. The zero-order valence-corrected chi connectivity index (χ0v) is 14.2. The van der Waals surface area contributed by atoms with Crippen molar-refractivity contribution in [3.63, 3.8) is 0 Å². The monoisotopic (exact) mass is 360 g/mol. The minimum atomic E-state index is -3.99. The Balaban J connectivity index is 1.76. The molecule has 0 aromatic heterocycles. The number of nitrogens with zero attached hydrogens (tertiary/aromatic N) is 1. The molecule has 0 bridgehead atoms. The average molecular weight is 360 g/mol. The first-order valence-corrected chi connectivity index (χ1v) is 9.00. The van der Waals surface area contributed by atoms with Gasteiger partial charge in [-0.05, 0) is 31.2 Å². The summed E-state index contributed by atoms with van der Waals surface area (Å²) in [4.78, 5) is 25.4. The van der Waals surface area contributed by atoms with Gasteiger partial charge in [0.15, 0.2) is 6.61 Å². The van der Waals surface area contributed by atoms with Gasteiger partial charge in [0.2, 0.25) is 0 Å². The van der Waals surface area contributed by atoms with Gasteiger partial charge >= 0.3 is 0 Å². The SMILES string of the molecule is Cc1ccc(S(=O)(=O)NC(=O)CN2C(=O)COc3ccccc32)cc1. The van der Waals surface area contributed by atoms with E-state index in [4.69, 9.17) is 4.74 Å². The second kappa shape index (κ2) is 6.56. The van der Waals surface area contributed by atoms with Crippen LogP contribution in [0.4, 0.5) is 5.69 Å². The number of sulfonamides is 1. The minimum absolute atomic E-state index is 0.0137. The molecule has 0 fully saturated rings. The van der Waals surface area contributed by atoms with Crippen molar-refractivity contribution in [2.45, 2.75) is 11.8 Å². The molecule has 2 aromatic rings. The highest BCUT2D eigenvalue weighted by atomic mass is 32.2. The lowest BCUT2D eigenvalue weighted by Crippen LogP contribution is -2.46. The number of nitrogens with one attached hydrogen (secondary N) is 1. The molecule has 1 aliphatic heterocycles. The molecule has 2 amide bonds. The van der Waals surface area contributed by atoms with E-state index in [-0.39, 0.29) is 11.5 Å². The molecular formula is C17H16N2O5S. The van der Waals surface area contributed by atoms with Gasteiger partial charge in [-0.25, -0.2) is 13.1 Å². The first-order valence-electron chi connectivity index (χ1n) is 7.51. The molecule has 7 nitrogen and oxygen atoms in total. The molecule has 0 atom stereocenters. The maximum Gasteiger partial charge on any atom is 0.265 e. The van der Waals surface area contributed by atoms with Crippen molar-refractivity contribution in [2.75, 3.05) is 18.1 Å². The second-order valence-corrected chi connectivity index (χ2v) is 7.26. The summed E-state index contributed by atoms with van der Waals surface area (Å²) in [5, 5.41) is 0. The van der Waals surface area contributed by atoms with Crippen LogP contribution in [0.15, 0.2) is 53.4 Å².